The average molecular weight is 535 g/mol. The van der Waals surface area contributed by atoms with Crippen molar-refractivity contribution in [3.05, 3.63) is 55.6 Å². The zero-order valence-corrected chi connectivity index (χ0v) is 22.7. The van der Waals surface area contributed by atoms with Gasteiger partial charge in [0.15, 0.2) is 0 Å². The molecule has 2 heterocycles. The van der Waals surface area contributed by atoms with Gasteiger partial charge in [-0.2, -0.15) is 0 Å². The van der Waals surface area contributed by atoms with Gasteiger partial charge in [-0.3, -0.25) is 4.79 Å². The number of hydrogen-bond acceptors (Lipinski definition) is 6. The van der Waals surface area contributed by atoms with Gasteiger partial charge < -0.3 is 14.6 Å². The van der Waals surface area contributed by atoms with Gasteiger partial charge in [-0.1, -0.05) is 61.6 Å². The predicted molar refractivity (Wildman–Crippen MR) is 140 cm³/mol. The highest BCUT2D eigenvalue weighted by atomic mass is 35.5. The van der Waals surface area contributed by atoms with Gasteiger partial charge in [0.2, 0.25) is 0 Å². The van der Waals surface area contributed by atoms with Crippen LogP contribution in [0.5, 0.6) is 0 Å². The molecule has 0 unspecified atom stereocenters. The molecule has 1 amide bonds. The van der Waals surface area contributed by atoms with Crippen molar-refractivity contribution < 1.29 is 18.8 Å². The van der Waals surface area contributed by atoms with E-state index in [1.165, 1.54) is 18.4 Å². The van der Waals surface area contributed by atoms with Gasteiger partial charge in [0.25, 0.3) is 5.91 Å². The van der Waals surface area contributed by atoms with Crippen molar-refractivity contribution in [1.82, 2.24) is 5.16 Å². The summed E-state index contributed by atoms with van der Waals surface area (Å²) in [5.41, 5.74) is 2.48. The number of hydrogen-bond donors (Lipinski definition) is 1. The maximum atomic E-state index is 13.5. The van der Waals surface area contributed by atoms with Gasteiger partial charge in [0.1, 0.15) is 22.0 Å². The number of aromatic nitrogens is 1. The van der Waals surface area contributed by atoms with E-state index in [2.05, 4.69) is 31.2 Å². The van der Waals surface area contributed by atoms with Crippen LogP contribution in [0.1, 0.15) is 70.5 Å². The van der Waals surface area contributed by atoms with E-state index in [0.717, 1.165) is 36.1 Å². The van der Waals surface area contributed by atoms with Crippen LogP contribution in [-0.2, 0) is 17.6 Å². The first-order chi connectivity index (χ1) is 16.6. The third-order valence-electron chi connectivity index (χ3n) is 7.19. The lowest BCUT2D eigenvalue weighted by atomic mass is 9.69. The highest BCUT2D eigenvalue weighted by molar-refractivity contribution is 7.17. The first-order valence-corrected chi connectivity index (χ1v) is 13.1. The molecule has 9 heteroatoms. The monoisotopic (exact) mass is 534 g/mol. The Morgan fingerprint density at radius 2 is 1.94 bits per heavy atom. The number of esters is 1. The molecule has 1 aromatic carbocycles. The molecule has 0 spiro atoms. The molecule has 0 aliphatic heterocycles. The molecule has 1 atom stereocenters. The summed E-state index contributed by atoms with van der Waals surface area (Å²) in [6.45, 7) is 8.43. The van der Waals surface area contributed by atoms with Crippen LogP contribution in [0.4, 0.5) is 5.00 Å². The molecular weight excluding hydrogens is 507 g/mol. The molecule has 0 saturated carbocycles. The second kappa shape index (κ2) is 9.96. The Morgan fingerprint density at radius 3 is 2.57 bits per heavy atom. The number of nitrogens with one attached hydrogen (secondary N) is 1. The number of fused-ring (bicyclic) bond motifs is 1. The average Bonchev–Trinajstić information content (AvgIpc) is 3.37. The summed E-state index contributed by atoms with van der Waals surface area (Å²) in [5.74, 6) is -0.0903. The first-order valence-electron chi connectivity index (χ1n) is 11.5. The molecule has 1 N–H and O–H groups in total. The summed E-state index contributed by atoms with van der Waals surface area (Å²) in [6.07, 6.45) is 3.70. The Hall–Kier alpha value is -2.35. The minimum Gasteiger partial charge on any atom is -0.465 e. The molecule has 0 radical (unpaired) electrons. The lowest BCUT2D eigenvalue weighted by molar-refractivity contribution is 0.0600. The topological polar surface area (TPSA) is 81.4 Å². The molecule has 1 aliphatic carbocycles. The van der Waals surface area contributed by atoms with Gasteiger partial charge in [-0.15, -0.1) is 11.3 Å². The lowest BCUT2D eigenvalue weighted by Crippen LogP contribution is -2.28. The molecule has 6 nitrogen and oxygen atoms in total. The number of rotatable bonds is 6. The molecule has 0 saturated heterocycles. The normalized spacial score (nSPS) is 15.6. The Kier molecular flexibility index (Phi) is 7.32. The van der Waals surface area contributed by atoms with Gasteiger partial charge in [0, 0.05) is 10.4 Å². The smallest absolute Gasteiger partial charge is 0.341 e. The largest absolute Gasteiger partial charge is 0.465 e. The van der Waals surface area contributed by atoms with Crippen molar-refractivity contribution in [1.29, 1.82) is 0 Å². The van der Waals surface area contributed by atoms with Crippen LogP contribution in [0.25, 0.3) is 11.3 Å². The molecule has 2 aromatic heterocycles. The summed E-state index contributed by atoms with van der Waals surface area (Å²) in [7, 11) is 1.35. The number of nitrogens with zero attached hydrogens (tertiary/aromatic N) is 1. The Bertz CT molecular complexity index is 1270. The fourth-order valence-electron chi connectivity index (χ4n) is 4.65. The Morgan fingerprint density at radius 1 is 1.26 bits per heavy atom. The standard InChI is InChI=1S/C26H28Cl2N2O4S/c1-6-26(3,4)14-10-11-15-18(12-14)35-24(20(15)25(32)33-5)29-23(31)19-13(2)34-30-22(19)21-16(27)8-7-9-17(21)28/h7-9,14H,6,10-12H2,1-5H3,(H,29,31)/t14-/m0/s1. The van der Waals surface area contributed by atoms with E-state index >= 15 is 0 Å². The third-order valence-corrected chi connectivity index (χ3v) is 8.99. The van der Waals surface area contributed by atoms with Crippen molar-refractivity contribution >= 4 is 51.4 Å². The van der Waals surface area contributed by atoms with Crippen LogP contribution in [0.15, 0.2) is 22.7 Å². The van der Waals surface area contributed by atoms with Crippen molar-refractivity contribution in [3.8, 4) is 11.3 Å². The maximum absolute atomic E-state index is 13.5. The number of ether oxygens (including phenoxy) is 1. The maximum Gasteiger partial charge on any atom is 0.341 e. The van der Waals surface area contributed by atoms with Crippen molar-refractivity contribution in [2.75, 3.05) is 12.4 Å². The Labute approximate surface area is 218 Å². The summed E-state index contributed by atoms with van der Waals surface area (Å²) >= 11 is 14.2. The molecule has 0 fully saturated rings. The van der Waals surface area contributed by atoms with Crippen LogP contribution in [0.2, 0.25) is 10.0 Å². The van der Waals surface area contributed by atoms with Gasteiger partial charge in [0.05, 0.1) is 22.7 Å². The second-order valence-corrected chi connectivity index (χ2v) is 11.4. The van der Waals surface area contributed by atoms with Crippen LogP contribution in [-0.4, -0.2) is 24.1 Å². The van der Waals surface area contributed by atoms with E-state index in [0.29, 0.717) is 37.9 Å². The van der Waals surface area contributed by atoms with Crippen LogP contribution in [0.3, 0.4) is 0 Å². The fraction of sp³-hybridized carbons (Fsp3) is 0.423. The van der Waals surface area contributed by atoms with E-state index in [1.807, 2.05) is 0 Å². The molecule has 1 aliphatic rings. The third kappa shape index (κ3) is 4.74. The van der Waals surface area contributed by atoms with E-state index in [1.54, 1.807) is 25.1 Å². The van der Waals surface area contributed by atoms with E-state index in [-0.39, 0.29) is 16.7 Å². The number of carbonyl (C=O) groups excluding carboxylic acids is 2. The predicted octanol–water partition coefficient (Wildman–Crippen LogP) is 7.60. The summed E-state index contributed by atoms with van der Waals surface area (Å²) in [6, 6.07) is 5.06. The summed E-state index contributed by atoms with van der Waals surface area (Å²) in [4.78, 5) is 27.4. The summed E-state index contributed by atoms with van der Waals surface area (Å²) < 4.78 is 10.4. The second-order valence-electron chi connectivity index (χ2n) is 9.49. The highest BCUT2D eigenvalue weighted by Gasteiger charge is 2.36. The van der Waals surface area contributed by atoms with E-state index in [4.69, 9.17) is 32.5 Å². The number of anilines is 1. The van der Waals surface area contributed by atoms with Gasteiger partial charge in [-0.25, -0.2) is 4.79 Å². The molecule has 186 valence electrons. The van der Waals surface area contributed by atoms with Gasteiger partial charge in [-0.05, 0) is 55.2 Å². The molecule has 35 heavy (non-hydrogen) atoms. The first kappa shape index (κ1) is 25.7. The zero-order valence-electron chi connectivity index (χ0n) is 20.4. The number of amides is 1. The number of thiophene rings is 1. The minimum atomic E-state index is -0.456. The number of carbonyl (C=O) groups is 2. The lowest BCUT2D eigenvalue weighted by Gasteiger charge is -2.36. The zero-order chi connectivity index (χ0) is 25.5. The van der Waals surface area contributed by atoms with Crippen LogP contribution >= 0.6 is 34.5 Å². The fourth-order valence-corrected chi connectivity index (χ4v) is 6.53. The van der Waals surface area contributed by atoms with Crippen molar-refractivity contribution in [3.63, 3.8) is 0 Å². The SMILES string of the molecule is CCC(C)(C)[C@H]1CCc2c(sc(NC(=O)c3c(-c4c(Cl)cccc4Cl)noc3C)c2C(=O)OC)C1. The molecular formula is C26H28Cl2N2O4S. The van der Waals surface area contributed by atoms with E-state index in [9.17, 15) is 9.59 Å². The summed E-state index contributed by atoms with van der Waals surface area (Å²) in [5, 5.41) is 8.17. The molecule has 3 aromatic rings. The minimum absolute atomic E-state index is 0.194. The van der Waals surface area contributed by atoms with Crippen molar-refractivity contribution in [2.45, 2.75) is 53.4 Å². The van der Waals surface area contributed by atoms with Crippen LogP contribution in [0, 0.1) is 18.3 Å². The number of aryl methyl sites for hydroxylation is 1. The van der Waals surface area contributed by atoms with Gasteiger partial charge >= 0.3 is 5.97 Å². The Balaban J connectivity index is 1.73. The molecule has 0 bridgehead atoms. The van der Waals surface area contributed by atoms with Crippen molar-refractivity contribution in [2.24, 2.45) is 11.3 Å². The molecule has 4 rings (SSSR count). The van der Waals surface area contributed by atoms with Crippen LogP contribution < -0.4 is 5.32 Å². The number of methoxy groups -OCH3 is 1. The number of benzene rings is 1. The number of halogens is 2. The van der Waals surface area contributed by atoms with E-state index < -0.39 is 11.9 Å². The highest BCUT2D eigenvalue weighted by Crippen LogP contribution is 2.46. The quantitative estimate of drug-likeness (QED) is 0.329.